The maximum Gasteiger partial charge on any atom is 0.224 e. The zero-order chi connectivity index (χ0) is 17.7. The van der Waals surface area contributed by atoms with E-state index in [4.69, 9.17) is 11.6 Å². The van der Waals surface area contributed by atoms with E-state index < -0.39 is 0 Å². The number of hydrogen-bond acceptors (Lipinski definition) is 2. The standard InChI is InChI=1S/C20H31ClN2O/c1-14(2)19(15(3)4)22-20(24)17-9-7-11-23(13-17)12-16-8-5-6-10-18(16)21/h5-6,8,10,14-15,17,19H,7,9,11-13H2,1-4H3,(H,22,24). The molecule has 0 spiro atoms. The third kappa shape index (κ3) is 5.22. The first-order chi connectivity index (χ1) is 11.4. The summed E-state index contributed by atoms with van der Waals surface area (Å²) in [4.78, 5) is 15.1. The number of carbonyl (C=O) groups is 1. The number of amides is 1. The van der Waals surface area contributed by atoms with E-state index in [0.29, 0.717) is 11.8 Å². The molecule has 1 amide bonds. The van der Waals surface area contributed by atoms with Crippen LogP contribution in [0.3, 0.4) is 0 Å². The lowest BCUT2D eigenvalue weighted by Crippen LogP contribution is -2.48. The summed E-state index contributed by atoms with van der Waals surface area (Å²) in [7, 11) is 0. The molecule has 1 aromatic carbocycles. The van der Waals surface area contributed by atoms with Crippen LogP contribution in [0.25, 0.3) is 0 Å². The van der Waals surface area contributed by atoms with Crippen molar-refractivity contribution in [3.63, 3.8) is 0 Å². The molecule has 0 bridgehead atoms. The van der Waals surface area contributed by atoms with Gasteiger partial charge < -0.3 is 5.32 Å². The van der Waals surface area contributed by atoms with E-state index in [-0.39, 0.29) is 17.9 Å². The van der Waals surface area contributed by atoms with Crippen LogP contribution in [-0.2, 0) is 11.3 Å². The maximum absolute atomic E-state index is 12.7. The molecule has 1 N–H and O–H groups in total. The second-order valence-electron chi connectivity index (χ2n) is 7.69. The molecule has 1 fully saturated rings. The fraction of sp³-hybridized carbons (Fsp3) is 0.650. The highest BCUT2D eigenvalue weighted by Gasteiger charge is 2.29. The molecule has 0 aliphatic carbocycles. The summed E-state index contributed by atoms with van der Waals surface area (Å²) in [5.74, 6) is 1.21. The summed E-state index contributed by atoms with van der Waals surface area (Å²) in [6.45, 7) is 11.4. The normalized spacial score (nSPS) is 19.2. The van der Waals surface area contributed by atoms with Crippen LogP contribution in [0, 0.1) is 17.8 Å². The van der Waals surface area contributed by atoms with Crippen LogP contribution in [0.1, 0.15) is 46.1 Å². The lowest BCUT2D eigenvalue weighted by Gasteiger charge is -2.34. The lowest BCUT2D eigenvalue weighted by atomic mass is 9.91. The molecule has 134 valence electrons. The molecule has 1 heterocycles. The van der Waals surface area contributed by atoms with Gasteiger partial charge in [0.25, 0.3) is 0 Å². The van der Waals surface area contributed by atoms with Crippen molar-refractivity contribution < 1.29 is 4.79 Å². The first kappa shape index (κ1) is 19.3. The second-order valence-corrected chi connectivity index (χ2v) is 8.10. The molecule has 1 aliphatic heterocycles. The van der Waals surface area contributed by atoms with E-state index in [0.717, 1.165) is 43.1 Å². The molecule has 3 nitrogen and oxygen atoms in total. The molecular weight excluding hydrogens is 320 g/mol. The van der Waals surface area contributed by atoms with Crippen LogP contribution in [0.4, 0.5) is 0 Å². The monoisotopic (exact) mass is 350 g/mol. The minimum absolute atomic E-state index is 0.0845. The molecule has 0 radical (unpaired) electrons. The number of nitrogens with one attached hydrogen (secondary N) is 1. The van der Waals surface area contributed by atoms with Gasteiger partial charge in [-0.05, 0) is 42.9 Å². The maximum atomic E-state index is 12.7. The van der Waals surface area contributed by atoms with E-state index in [2.05, 4.69) is 44.0 Å². The molecule has 4 heteroatoms. The fourth-order valence-electron chi connectivity index (χ4n) is 3.67. The number of likely N-dealkylation sites (tertiary alicyclic amines) is 1. The third-order valence-corrected chi connectivity index (χ3v) is 5.34. The van der Waals surface area contributed by atoms with Crippen molar-refractivity contribution in [2.75, 3.05) is 13.1 Å². The van der Waals surface area contributed by atoms with E-state index in [1.54, 1.807) is 0 Å². The number of nitrogens with zero attached hydrogens (tertiary/aromatic N) is 1. The number of benzene rings is 1. The minimum atomic E-state index is 0.0845. The zero-order valence-corrected chi connectivity index (χ0v) is 16.1. The van der Waals surface area contributed by atoms with Crippen molar-refractivity contribution >= 4 is 17.5 Å². The number of halogens is 1. The number of carbonyl (C=O) groups excluding carboxylic acids is 1. The fourth-order valence-corrected chi connectivity index (χ4v) is 3.86. The molecule has 1 atom stereocenters. The Morgan fingerprint density at radius 3 is 2.54 bits per heavy atom. The topological polar surface area (TPSA) is 32.3 Å². The Morgan fingerprint density at radius 1 is 1.25 bits per heavy atom. The van der Waals surface area contributed by atoms with Gasteiger partial charge in [0, 0.05) is 24.2 Å². The Balaban J connectivity index is 1.95. The highest BCUT2D eigenvalue weighted by atomic mass is 35.5. The average molecular weight is 351 g/mol. The van der Waals surface area contributed by atoms with Crippen molar-refractivity contribution in [2.45, 2.75) is 53.1 Å². The summed E-state index contributed by atoms with van der Waals surface area (Å²) in [6.07, 6.45) is 2.05. The molecular formula is C20H31ClN2O. The summed E-state index contributed by atoms with van der Waals surface area (Å²) in [5.41, 5.74) is 1.14. The lowest BCUT2D eigenvalue weighted by molar-refractivity contribution is -0.128. The Labute approximate surface area is 151 Å². The third-order valence-electron chi connectivity index (χ3n) is 4.97. The quantitative estimate of drug-likeness (QED) is 0.827. The van der Waals surface area contributed by atoms with Crippen LogP contribution in [-0.4, -0.2) is 29.9 Å². The highest BCUT2D eigenvalue weighted by molar-refractivity contribution is 6.31. The van der Waals surface area contributed by atoms with Crippen LogP contribution >= 0.6 is 11.6 Å². The van der Waals surface area contributed by atoms with Crippen LogP contribution in [0.2, 0.25) is 5.02 Å². The van der Waals surface area contributed by atoms with Gasteiger partial charge in [-0.2, -0.15) is 0 Å². The molecule has 0 saturated carbocycles. The summed E-state index contributed by atoms with van der Waals surface area (Å²) in [5, 5.41) is 4.10. The molecule has 2 rings (SSSR count). The van der Waals surface area contributed by atoms with Gasteiger partial charge in [0.2, 0.25) is 5.91 Å². The molecule has 1 saturated heterocycles. The summed E-state index contributed by atoms with van der Waals surface area (Å²) >= 11 is 6.27. The predicted octanol–water partition coefficient (Wildman–Crippen LogP) is 4.35. The van der Waals surface area contributed by atoms with Crippen molar-refractivity contribution in [3.8, 4) is 0 Å². The number of hydrogen-bond donors (Lipinski definition) is 1. The van der Waals surface area contributed by atoms with Gasteiger partial charge in [-0.15, -0.1) is 0 Å². The first-order valence-electron chi connectivity index (χ1n) is 9.14. The minimum Gasteiger partial charge on any atom is -0.353 e. The zero-order valence-electron chi connectivity index (χ0n) is 15.4. The number of rotatable bonds is 6. The van der Waals surface area contributed by atoms with Crippen LogP contribution in [0.15, 0.2) is 24.3 Å². The molecule has 24 heavy (non-hydrogen) atoms. The summed E-state index contributed by atoms with van der Waals surface area (Å²) < 4.78 is 0. The van der Waals surface area contributed by atoms with Crippen molar-refractivity contribution in [1.82, 2.24) is 10.2 Å². The predicted molar refractivity (Wildman–Crippen MR) is 101 cm³/mol. The van der Waals surface area contributed by atoms with Crippen molar-refractivity contribution in [2.24, 2.45) is 17.8 Å². The van der Waals surface area contributed by atoms with E-state index >= 15 is 0 Å². The Morgan fingerprint density at radius 2 is 1.92 bits per heavy atom. The van der Waals surface area contributed by atoms with Gasteiger partial charge >= 0.3 is 0 Å². The first-order valence-corrected chi connectivity index (χ1v) is 9.52. The molecule has 1 unspecified atom stereocenters. The Hall–Kier alpha value is -1.06. The average Bonchev–Trinajstić information content (AvgIpc) is 2.54. The smallest absolute Gasteiger partial charge is 0.224 e. The van der Waals surface area contributed by atoms with Crippen molar-refractivity contribution in [3.05, 3.63) is 34.9 Å². The van der Waals surface area contributed by atoms with E-state index in [1.807, 2.05) is 18.2 Å². The van der Waals surface area contributed by atoms with Gasteiger partial charge in [-0.1, -0.05) is 57.5 Å². The Kier molecular flexibility index (Phi) is 7.12. The molecule has 1 aromatic rings. The van der Waals surface area contributed by atoms with Gasteiger partial charge in [0.05, 0.1) is 5.92 Å². The van der Waals surface area contributed by atoms with Gasteiger partial charge in [-0.3, -0.25) is 9.69 Å². The van der Waals surface area contributed by atoms with Crippen LogP contribution < -0.4 is 5.32 Å². The Bertz CT molecular complexity index is 536. The highest BCUT2D eigenvalue weighted by Crippen LogP contribution is 2.23. The number of piperidine rings is 1. The molecule has 0 aromatic heterocycles. The van der Waals surface area contributed by atoms with Gasteiger partial charge in [0.15, 0.2) is 0 Å². The van der Waals surface area contributed by atoms with E-state index in [9.17, 15) is 4.79 Å². The van der Waals surface area contributed by atoms with Gasteiger partial charge in [-0.25, -0.2) is 0 Å². The van der Waals surface area contributed by atoms with E-state index in [1.165, 1.54) is 0 Å². The van der Waals surface area contributed by atoms with Crippen LogP contribution in [0.5, 0.6) is 0 Å². The second kappa shape index (κ2) is 8.87. The SMILES string of the molecule is CC(C)C(NC(=O)C1CCCN(Cc2ccccc2Cl)C1)C(C)C. The van der Waals surface area contributed by atoms with Gasteiger partial charge in [0.1, 0.15) is 0 Å². The van der Waals surface area contributed by atoms with Crippen molar-refractivity contribution in [1.29, 1.82) is 0 Å². The summed E-state index contributed by atoms with van der Waals surface area (Å²) in [6, 6.07) is 8.22. The largest absolute Gasteiger partial charge is 0.353 e. The molecule has 1 aliphatic rings.